The third-order valence-electron chi connectivity index (χ3n) is 3.77. The normalized spacial score (nSPS) is 13.7. The van der Waals surface area contributed by atoms with Gasteiger partial charge >= 0.3 is 0 Å². The number of benzene rings is 2. The Balaban J connectivity index is 1.75. The summed E-state index contributed by atoms with van der Waals surface area (Å²) in [4.78, 5) is 0. The Morgan fingerprint density at radius 2 is 1.95 bits per heavy atom. The molecule has 0 radical (unpaired) electrons. The van der Waals surface area contributed by atoms with Crippen LogP contribution in [0.1, 0.15) is 29.5 Å². The highest BCUT2D eigenvalue weighted by Gasteiger charge is 2.21. The Labute approximate surface area is 124 Å². The maximum absolute atomic E-state index is 13.8. The van der Waals surface area contributed by atoms with Gasteiger partial charge in [0.05, 0.1) is 17.3 Å². The van der Waals surface area contributed by atoms with E-state index in [2.05, 4.69) is 11.4 Å². The van der Waals surface area contributed by atoms with Crippen molar-refractivity contribution in [2.45, 2.75) is 19.3 Å². The van der Waals surface area contributed by atoms with Crippen LogP contribution in [0.15, 0.2) is 42.5 Å². The molecule has 0 bridgehead atoms. The lowest BCUT2D eigenvalue weighted by Gasteiger charge is -2.09. The lowest BCUT2D eigenvalue weighted by molar-refractivity contribution is 0.628. The van der Waals surface area contributed by atoms with Crippen LogP contribution in [0.2, 0.25) is 0 Å². The van der Waals surface area contributed by atoms with E-state index in [1.807, 2.05) is 24.3 Å². The molecule has 3 rings (SSSR count). The lowest BCUT2D eigenvalue weighted by atomic mass is 10.0. The van der Waals surface area contributed by atoms with Crippen LogP contribution in [-0.2, 0) is 6.42 Å². The smallest absolute Gasteiger partial charge is 0.146 e. The maximum atomic E-state index is 13.8. The molecular formula is C18H17FN2. The summed E-state index contributed by atoms with van der Waals surface area (Å²) in [5, 5.41) is 12.1. The molecule has 1 saturated carbocycles. The fraction of sp³-hybridized carbons (Fsp3) is 0.278. The van der Waals surface area contributed by atoms with E-state index in [0.29, 0.717) is 23.6 Å². The van der Waals surface area contributed by atoms with Crippen LogP contribution in [0.25, 0.3) is 0 Å². The van der Waals surface area contributed by atoms with Crippen molar-refractivity contribution < 1.29 is 4.39 Å². The first-order chi connectivity index (χ1) is 10.2. The van der Waals surface area contributed by atoms with Crippen LogP contribution in [-0.4, -0.2) is 6.54 Å². The van der Waals surface area contributed by atoms with E-state index < -0.39 is 0 Å². The number of anilines is 1. The minimum absolute atomic E-state index is 0.204. The molecule has 0 saturated heterocycles. The van der Waals surface area contributed by atoms with E-state index in [1.54, 1.807) is 12.1 Å². The Bertz CT molecular complexity index is 684. The van der Waals surface area contributed by atoms with Crippen molar-refractivity contribution in [1.29, 1.82) is 5.26 Å². The fourth-order valence-electron chi connectivity index (χ4n) is 2.38. The quantitative estimate of drug-likeness (QED) is 0.894. The van der Waals surface area contributed by atoms with Crippen LogP contribution in [0.3, 0.4) is 0 Å². The highest BCUT2D eigenvalue weighted by molar-refractivity contribution is 5.48. The summed E-state index contributed by atoms with van der Waals surface area (Å²) < 4.78 is 13.8. The van der Waals surface area contributed by atoms with Crippen molar-refractivity contribution in [3.8, 4) is 6.07 Å². The zero-order valence-electron chi connectivity index (χ0n) is 11.8. The number of halogens is 1. The van der Waals surface area contributed by atoms with Gasteiger partial charge in [0, 0.05) is 6.54 Å². The molecule has 2 aromatic rings. The first-order valence-corrected chi connectivity index (χ1v) is 7.26. The zero-order valence-corrected chi connectivity index (χ0v) is 11.8. The van der Waals surface area contributed by atoms with Gasteiger partial charge in [0.15, 0.2) is 0 Å². The largest absolute Gasteiger partial charge is 0.382 e. The molecule has 1 aliphatic rings. The second-order valence-corrected chi connectivity index (χ2v) is 5.63. The molecule has 0 unspecified atom stereocenters. The van der Waals surface area contributed by atoms with Gasteiger partial charge in [-0.2, -0.15) is 5.26 Å². The van der Waals surface area contributed by atoms with Gasteiger partial charge in [0.1, 0.15) is 5.82 Å². The van der Waals surface area contributed by atoms with E-state index in [9.17, 15) is 4.39 Å². The van der Waals surface area contributed by atoms with E-state index >= 15 is 0 Å². The van der Waals surface area contributed by atoms with Gasteiger partial charge < -0.3 is 5.32 Å². The van der Waals surface area contributed by atoms with E-state index in [1.165, 1.54) is 18.9 Å². The Hall–Kier alpha value is -2.34. The average Bonchev–Trinajstić information content (AvgIpc) is 3.32. The van der Waals surface area contributed by atoms with E-state index in [-0.39, 0.29) is 5.82 Å². The number of nitrogens with one attached hydrogen (secondary N) is 1. The van der Waals surface area contributed by atoms with Crippen molar-refractivity contribution in [3.05, 3.63) is 65.0 Å². The van der Waals surface area contributed by atoms with Crippen LogP contribution >= 0.6 is 0 Å². The standard InChI is InChI=1S/C18H17FN2/c19-17-7-6-15(10-18(17)21-12-13-4-5-13)8-14-2-1-3-16(9-14)11-20/h1-3,6-7,9-10,13,21H,4-5,8,12H2. The van der Waals surface area contributed by atoms with Gasteiger partial charge in [0.25, 0.3) is 0 Å². The van der Waals surface area contributed by atoms with Crippen molar-refractivity contribution in [2.75, 3.05) is 11.9 Å². The summed E-state index contributed by atoms with van der Waals surface area (Å²) in [6.45, 7) is 0.851. The van der Waals surface area contributed by atoms with Crippen LogP contribution in [0.4, 0.5) is 10.1 Å². The molecule has 0 aromatic heterocycles. The Kier molecular flexibility index (Phi) is 3.87. The van der Waals surface area contributed by atoms with Gasteiger partial charge in [-0.3, -0.25) is 0 Å². The third kappa shape index (κ3) is 3.61. The molecule has 0 aliphatic heterocycles. The first-order valence-electron chi connectivity index (χ1n) is 7.26. The highest BCUT2D eigenvalue weighted by Crippen LogP contribution is 2.29. The molecule has 1 fully saturated rings. The first kappa shape index (κ1) is 13.6. The summed E-state index contributed by atoms with van der Waals surface area (Å²) in [5.41, 5.74) is 3.34. The summed E-state index contributed by atoms with van der Waals surface area (Å²) in [6.07, 6.45) is 3.19. The summed E-state index contributed by atoms with van der Waals surface area (Å²) in [5.74, 6) is 0.505. The number of nitriles is 1. The predicted octanol–water partition coefficient (Wildman–Crippen LogP) is 4.11. The minimum atomic E-state index is -0.204. The molecule has 106 valence electrons. The SMILES string of the molecule is N#Cc1cccc(Cc2ccc(F)c(NCC3CC3)c2)c1. The molecule has 2 aromatic carbocycles. The second-order valence-electron chi connectivity index (χ2n) is 5.63. The Morgan fingerprint density at radius 1 is 1.14 bits per heavy atom. The van der Waals surface area contributed by atoms with Gasteiger partial charge in [-0.15, -0.1) is 0 Å². The second kappa shape index (κ2) is 5.97. The number of rotatable bonds is 5. The average molecular weight is 280 g/mol. The Morgan fingerprint density at radius 3 is 2.71 bits per heavy atom. The van der Waals surface area contributed by atoms with Crippen LogP contribution in [0, 0.1) is 23.1 Å². The monoisotopic (exact) mass is 280 g/mol. The lowest BCUT2D eigenvalue weighted by Crippen LogP contribution is -2.05. The summed E-state index contributed by atoms with van der Waals surface area (Å²) in [7, 11) is 0. The fourth-order valence-corrected chi connectivity index (χ4v) is 2.38. The summed E-state index contributed by atoms with van der Waals surface area (Å²) in [6, 6.07) is 14.9. The number of hydrogen-bond acceptors (Lipinski definition) is 2. The van der Waals surface area contributed by atoms with Crippen molar-refractivity contribution in [1.82, 2.24) is 0 Å². The molecule has 1 aliphatic carbocycles. The predicted molar refractivity (Wildman–Crippen MR) is 81.6 cm³/mol. The molecular weight excluding hydrogens is 263 g/mol. The minimum Gasteiger partial charge on any atom is -0.382 e. The van der Waals surface area contributed by atoms with E-state index in [0.717, 1.165) is 17.7 Å². The molecule has 0 spiro atoms. The van der Waals surface area contributed by atoms with E-state index in [4.69, 9.17) is 5.26 Å². The molecule has 0 atom stereocenters. The summed E-state index contributed by atoms with van der Waals surface area (Å²) >= 11 is 0. The zero-order chi connectivity index (χ0) is 14.7. The number of nitrogens with zero attached hydrogens (tertiary/aromatic N) is 1. The van der Waals surface area contributed by atoms with Crippen molar-refractivity contribution in [2.24, 2.45) is 5.92 Å². The molecule has 21 heavy (non-hydrogen) atoms. The molecule has 0 heterocycles. The van der Waals surface area contributed by atoms with Crippen molar-refractivity contribution in [3.63, 3.8) is 0 Å². The van der Waals surface area contributed by atoms with Gasteiger partial charge in [-0.05, 0) is 60.6 Å². The maximum Gasteiger partial charge on any atom is 0.146 e. The highest BCUT2D eigenvalue weighted by atomic mass is 19.1. The molecule has 1 N–H and O–H groups in total. The molecule has 2 nitrogen and oxygen atoms in total. The van der Waals surface area contributed by atoms with Crippen LogP contribution in [0.5, 0.6) is 0 Å². The molecule has 3 heteroatoms. The van der Waals surface area contributed by atoms with Crippen molar-refractivity contribution >= 4 is 5.69 Å². The van der Waals surface area contributed by atoms with Gasteiger partial charge in [0.2, 0.25) is 0 Å². The van der Waals surface area contributed by atoms with Gasteiger partial charge in [-0.1, -0.05) is 18.2 Å². The third-order valence-corrected chi connectivity index (χ3v) is 3.77. The topological polar surface area (TPSA) is 35.8 Å². The molecule has 0 amide bonds. The van der Waals surface area contributed by atoms with Crippen LogP contribution < -0.4 is 5.32 Å². The number of hydrogen-bond donors (Lipinski definition) is 1. The van der Waals surface area contributed by atoms with Gasteiger partial charge in [-0.25, -0.2) is 4.39 Å².